The molecule has 0 aliphatic heterocycles. The number of aliphatic carboxylic acids is 1. The standard InChI is InChI=1S/C25H26N4O5/c1-29-21(12-14-27-29)23(24(32)26-13-6-11-22(30)31)28-25(33)34-15-20-18-9-4-2-7-16(18)17-8-3-5-10-19(17)20/h2-5,7-10,12,14,20,23H,6,11,13,15H2,1H3,(H,26,32)(H,28,33)(H,30,31). The first-order valence-corrected chi connectivity index (χ1v) is 11.0. The van der Waals surface area contributed by atoms with Gasteiger partial charge >= 0.3 is 12.1 Å². The van der Waals surface area contributed by atoms with Gasteiger partial charge in [0.2, 0.25) is 5.91 Å². The fourth-order valence-electron chi connectivity index (χ4n) is 4.25. The van der Waals surface area contributed by atoms with Gasteiger partial charge in [0.25, 0.3) is 0 Å². The molecule has 176 valence electrons. The van der Waals surface area contributed by atoms with E-state index < -0.39 is 24.0 Å². The normalized spacial score (nSPS) is 13.0. The molecule has 9 heteroatoms. The molecule has 2 amide bonds. The molecular weight excluding hydrogens is 436 g/mol. The third-order valence-electron chi connectivity index (χ3n) is 5.89. The lowest BCUT2D eigenvalue weighted by Crippen LogP contribution is -2.42. The van der Waals surface area contributed by atoms with Gasteiger partial charge in [-0.3, -0.25) is 14.3 Å². The van der Waals surface area contributed by atoms with Crippen molar-refractivity contribution < 1.29 is 24.2 Å². The first kappa shape index (κ1) is 23.0. The van der Waals surface area contributed by atoms with E-state index in [1.165, 1.54) is 10.9 Å². The number of rotatable bonds is 9. The number of carboxylic acids is 1. The van der Waals surface area contributed by atoms with E-state index in [0.29, 0.717) is 5.69 Å². The number of aryl methyl sites for hydroxylation is 1. The van der Waals surface area contributed by atoms with E-state index in [0.717, 1.165) is 22.3 Å². The van der Waals surface area contributed by atoms with Crippen molar-refractivity contribution in [1.29, 1.82) is 0 Å². The first-order valence-electron chi connectivity index (χ1n) is 11.0. The van der Waals surface area contributed by atoms with E-state index in [2.05, 4.69) is 27.9 Å². The number of hydrogen-bond donors (Lipinski definition) is 3. The third-order valence-corrected chi connectivity index (χ3v) is 5.89. The van der Waals surface area contributed by atoms with Gasteiger partial charge in [0.1, 0.15) is 6.61 Å². The predicted molar refractivity (Wildman–Crippen MR) is 124 cm³/mol. The minimum absolute atomic E-state index is 0.0591. The van der Waals surface area contributed by atoms with Crippen LogP contribution in [0.3, 0.4) is 0 Å². The Balaban J connectivity index is 1.43. The zero-order valence-electron chi connectivity index (χ0n) is 18.7. The minimum Gasteiger partial charge on any atom is -0.481 e. The van der Waals surface area contributed by atoms with Crippen molar-refractivity contribution in [2.24, 2.45) is 7.05 Å². The van der Waals surface area contributed by atoms with E-state index in [9.17, 15) is 14.4 Å². The summed E-state index contributed by atoms with van der Waals surface area (Å²) < 4.78 is 7.07. The van der Waals surface area contributed by atoms with E-state index in [4.69, 9.17) is 9.84 Å². The minimum atomic E-state index is -1.03. The number of hydrogen-bond acceptors (Lipinski definition) is 5. The lowest BCUT2D eigenvalue weighted by atomic mass is 9.98. The number of fused-ring (bicyclic) bond motifs is 3. The van der Waals surface area contributed by atoms with Crippen LogP contribution in [0.2, 0.25) is 0 Å². The van der Waals surface area contributed by atoms with Crippen LogP contribution in [-0.4, -0.2) is 46.0 Å². The number of nitrogens with one attached hydrogen (secondary N) is 2. The number of ether oxygens (including phenoxy) is 1. The summed E-state index contributed by atoms with van der Waals surface area (Å²) in [5, 5.41) is 18.1. The van der Waals surface area contributed by atoms with Crippen LogP contribution >= 0.6 is 0 Å². The average Bonchev–Trinajstić information content (AvgIpc) is 3.39. The second kappa shape index (κ2) is 10.2. The van der Waals surface area contributed by atoms with Gasteiger partial charge in [-0.1, -0.05) is 48.5 Å². The molecule has 0 saturated heterocycles. The van der Waals surface area contributed by atoms with Gasteiger partial charge in [-0.2, -0.15) is 5.10 Å². The lowest BCUT2D eigenvalue weighted by molar-refractivity contribution is -0.137. The topological polar surface area (TPSA) is 123 Å². The molecule has 9 nitrogen and oxygen atoms in total. The molecule has 34 heavy (non-hydrogen) atoms. The van der Waals surface area contributed by atoms with Crippen LogP contribution in [0.15, 0.2) is 60.8 Å². The van der Waals surface area contributed by atoms with Crippen molar-refractivity contribution in [1.82, 2.24) is 20.4 Å². The van der Waals surface area contributed by atoms with Gasteiger partial charge in [-0.05, 0) is 34.7 Å². The molecule has 3 aromatic rings. The molecule has 0 saturated carbocycles. The summed E-state index contributed by atoms with van der Waals surface area (Å²) in [5.41, 5.74) is 4.91. The van der Waals surface area contributed by atoms with Crippen LogP contribution < -0.4 is 10.6 Å². The Morgan fingerprint density at radius 2 is 1.71 bits per heavy atom. The molecule has 1 aliphatic carbocycles. The number of carbonyl (C=O) groups is 3. The van der Waals surface area contributed by atoms with Gasteiger partial charge in [0.15, 0.2) is 6.04 Å². The van der Waals surface area contributed by atoms with Gasteiger partial charge in [0, 0.05) is 32.1 Å². The van der Waals surface area contributed by atoms with Crippen molar-refractivity contribution >= 4 is 18.0 Å². The molecular formula is C25H26N4O5. The summed E-state index contributed by atoms with van der Waals surface area (Å²) in [6.07, 6.45) is 1.02. The monoisotopic (exact) mass is 462 g/mol. The number of alkyl carbamates (subject to hydrolysis) is 1. The maximum absolute atomic E-state index is 12.8. The second-order valence-corrected chi connectivity index (χ2v) is 8.07. The van der Waals surface area contributed by atoms with Crippen LogP contribution in [0.1, 0.15) is 41.6 Å². The highest BCUT2D eigenvalue weighted by Gasteiger charge is 2.30. The van der Waals surface area contributed by atoms with E-state index in [1.807, 2.05) is 36.4 Å². The van der Waals surface area contributed by atoms with E-state index in [-0.39, 0.29) is 31.9 Å². The number of carbonyl (C=O) groups excluding carboxylic acids is 2. The van der Waals surface area contributed by atoms with Crippen LogP contribution in [-0.2, 0) is 21.4 Å². The highest BCUT2D eigenvalue weighted by molar-refractivity contribution is 5.86. The van der Waals surface area contributed by atoms with Crippen LogP contribution in [0.25, 0.3) is 11.1 Å². The average molecular weight is 463 g/mol. The van der Waals surface area contributed by atoms with Crippen molar-refractivity contribution in [3.63, 3.8) is 0 Å². The maximum atomic E-state index is 12.8. The second-order valence-electron chi connectivity index (χ2n) is 8.07. The maximum Gasteiger partial charge on any atom is 0.408 e. The number of aromatic nitrogens is 2. The Labute approximate surface area is 196 Å². The Kier molecular flexibility index (Phi) is 6.91. The molecule has 1 aliphatic rings. The van der Waals surface area contributed by atoms with Crippen molar-refractivity contribution in [2.75, 3.05) is 13.2 Å². The Morgan fingerprint density at radius 1 is 1.06 bits per heavy atom. The number of nitrogens with zero attached hydrogens (tertiary/aromatic N) is 2. The Bertz CT molecular complexity index is 1160. The summed E-state index contributed by atoms with van der Waals surface area (Å²) in [6, 6.07) is 16.7. The molecule has 0 spiro atoms. The van der Waals surface area contributed by atoms with Crippen molar-refractivity contribution in [2.45, 2.75) is 24.8 Å². The molecule has 4 rings (SSSR count). The highest BCUT2D eigenvalue weighted by atomic mass is 16.5. The number of benzene rings is 2. The summed E-state index contributed by atoms with van der Waals surface area (Å²) in [5.74, 6) is -1.50. The van der Waals surface area contributed by atoms with Crippen molar-refractivity contribution in [3.05, 3.63) is 77.6 Å². The smallest absolute Gasteiger partial charge is 0.408 e. The molecule has 0 bridgehead atoms. The molecule has 3 N–H and O–H groups in total. The fourth-order valence-corrected chi connectivity index (χ4v) is 4.25. The number of carboxylic acid groups (broad SMARTS) is 1. The zero-order chi connectivity index (χ0) is 24.1. The molecule has 1 aromatic heterocycles. The summed E-state index contributed by atoms with van der Waals surface area (Å²) in [6.45, 7) is 0.296. The predicted octanol–water partition coefficient (Wildman–Crippen LogP) is 2.98. The first-order chi connectivity index (χ1) is 16.5. The Hall–Kier alpha value is -4.14. The SMILES string of the molecule is Cn1nccc1C(NC(=O)OCC1c2ccccc2-c2ccccc21)C(=O)NCCCC(=O)O. The van der Waals surface area contributed by atoms with Crippen LogP contribution in [0.5, 0.6) is 0 Å². The van der Waals surface area contributed by atoms with Gasteiger partial charge in [-0.15, -0.1) is 0 Å². The van der Waals surface area contributed by atoms with E-state index in [1.54, 1.807) is 13.1 Å². The summed E-state index contributed by atoms with van der Waals surface area (Å²) in [7, 11) is 1.67. The van der Waals surface area contributed by atoms with E-state index >= 15 is 0 Å². The van der Waals surface area contributed by atoms with Gasteiger partial charge in [-0.25, -0.2) is 4.79 Å². The quantitative estimate of drug-likeness (QED) is 0.420. The number of amides is 2. The Morgan fingerprint density at radius 3 is 2.29 bits per heavy atom. The zero-order valence-corrected chi connectivity index (χ0v) is 18.7. The molecule has 0 radical (unpaired) electrons. The molecule has 1 atom stereocenters. The van der Waals surface area contributed by atoms with Crippen molar-refractivity contribution in [3.8, 4) is 11.1 Å². The molecule has 0 fully saturated rings. The van der Waals surface area contributed by atoms with Gasteiger partial charge < -0.3 is 20.5 Å². The summed E-state index contributed by atoms with van der Waals surface area (Å²) in [4.78, 5) is 36.2. The van der Waals surface area contributed by atoms with Crippen LogP contribution in [0.4, 0.5) is 4.79 Å². The molecule has 2 aromatic carbocycles. The largest absolute Gasteiger partial charge is 0.481 e. The third kappa shape index (κ3) is 4.93. The fraction of sp³-hybridized carbons (Fsp3) is 0.280. The molecule has 1 heterocycles. The summed E-state index contributed by atoms with van der Waals surface area (Å²) >= 11 is 0. The highest BCUT2D eigenvalue weighted by Crippen LogP contribution is 2.44. The van der Waals surface area contributed by atoms with Crippen LogP contribution in [0, 0.1) is 0 Å². The van der Waals surface area contributed by atoms with Gasteiger partial charge in [0.05, 0.1) is 5.69 Å². The lowest BCUT2D eigenvalue weighted by Gasteiger charge is -2.20. The molecule has 1 unspecified atom stereocenters.